The van der Waals surface area contributed by atoms with Gasteiger partial charge in [-0.2, -0.15) is 0 Å². The fraction of sp³-hybridized carbons (Fsp3) is 0.0769. The van der Waals surface area contributed by atoms with Crippen LogP contribution in [-0.2, 0) is 0 Å². The van der Waals surface area contributed by atoms with Gasteiger partial charge in [0.05, 0.1) is 11.9 Å². The molecule has 0 amide bonds. The minimum absolute atomic E-state index is 0.389. The first-order valence-corrected chi connectivity index (χ1v) is 5.65. The summed E-state index contributed by atoms with van der Waals surface area (Å²) in [6.07, 6.45) is 3.48. The molecule has 0 spiro atoms. The van der Waals surface area contributed by atoms with Crippen LogP contribution in [0, 0.1) is 6.92 Å². The highest BCUT2D eigenvalue weighted by molar-refractivity contribution is 7.80. The van der Waals surface area contributed by atoms with Crippen LogP contribution in [0.3, 0.4) is 0 Å². The minimum atomic E-state index is 0.389. The lowest BCUT2D eigenvalue weighted by atomic mass is 10.1. The zero-order chi connectivity index (χ0) is 12.3. The standard InChI is InChI=1S/C13H13N3S/c1-9-4-5-12(11(7-9)13(14)17)16-10-3-2-6-15-8-10/h2-8,16H,1H3,(H2,14,17). The number of nitrogens with two attached hydrogens (primary N) is 1. The molecule has 1 aromatic carbocycles. The van der Waals surface area contributed by atoms with Crippen LogP contribution in [0.25, 0.3) is 0 Å². The van der Waals surface area contributed by atoms with Gasteiger partial charge in [-0.15, -0.1) is 0 Å². The van der Waals surface area contributed by atoms with Gasteiger partial charge in [0.1, 0.15) is 4.99 Å². The normalized spacial score (nSPS) is 9.94. The molecule has 0 saturated carbocycles. The number of aryl methyl sites for hydroxylation is 1. The Morgan fingerprint density at radius 2 is 2.18 bits per heavy atom. The van der Waals surface area contributed by atoms with E-state index in [2.05, 4.69) is 10.3 Å². The van der Waals surface area contributed by atoms with Gasteiger partial charge in [-0.1, -0.05) is 23.8 Å². The second-order valence-electron chi connectivity index (χ2n) is 3.78. The van der Waals surface area contributed by atoms with Crippen molar-refractivity contribution < 1.29 is 0 Å². The van der Waals surface area contributed by atoms with Gasteiger partial charge < -0.3 is 11.1 Å². The van der Waals surface area contributed by atoms with Gasteiger partial charge in [-0.05, 0) is 31.2 Å². The maximum atomic E-state index is 5.71. The molecule has 0 saturated heterocycles. The summed E-state index contributed by atoms with van der Waals surface area (Å²) in [5.74, 6) is 0. The topological polar surface area (TPSA) is 50.9 Å². The van der Waals surface area contributed by atoms with E-state index in [1.807, 2.05) is 37.3 Å². The molecule has 2 aromatic rings. The quantitative estimate of drug-likeness (QED) is 0.814. The molecule has 1 aromatic heterocycles. The third-order valence-corrected chi connectivity index (χ3v) is 2.60. The predicted octanol–water partition coefficient (Wildman–Crippen LogP) is 2.77. The first-order chi connectivity index (χ1) is 8.16. The maximum absolute atomic E-state index is 5.71. The van der Waals surface area contributed by atoms with Crippen molar-refractivity contribution >= 4 is 28.6 Å². The fourth-order valence-corrected chi connectivity index (χ4v) is 1.73. The molecule has 1 heterocycles. The summed E-state index contributed by atoms with van der Waals surface area (Å²) in [5.41, 5.74) is 9.50. The molecule has 17 heavy (non-hydrogen) atoms. The SMILES string of the molecule is Cc1ccc(Nc2cccnc2)c(C(N)=S)c1. The summed E-state index contributed by atoms with van der Waals surface area (Å²) in [6.45, 7) is 2.01. The highest BCUT2D eigenvalue weighted by atomic mass is 32.1. The molecule has 3 N–H and O–H groups in total. The Kier molecular flexibility index (Phi) is 3.35. The van der Waals surface area contributed by atoms with Crippen LogP contribution in [0.5, 0.6) is 0 Å². The lowest BCUT2D eigenvalue weighted by Gasteiger charge is -2.11. The first-order valence-electron chi connectivity index (χ1n) is 5.24. The molecule has 0 unspecified atom stereocenters. The summed E-state index contributed by atoms with van der Waals surface area (Å²) in [7, 11) is 0. The second kappa shape index (κ2) is 4.93. The second-order valence-corrected chi connectivity index (χ2v) is 4.22. The zero-order valence-corrected chi connectivity index (χ0v) is 10.3. The van der Waals surface area contributed by atoms with E-state index in [0.29, 0.717) is 4.99 Å². The molecular weight excluding hydrogens is 230 g/mol. The smallest absolute Gasteiger partial charge is 0.106 e. The van der Waals surface area contributed by atoms with Crippen molar-refractivity contribution in [2.24, 2.45) is 5.73 Å². The highest BCUT2D eigenvalue weighted by Gasteiger charge is 2.05. The van der Waals surface area contributed by atoms with Crippen LogP contribution in [0.4, 0.5) is 11.4 Å². The van der Waals surface area contributed by atoms with Gasteiger partial charge in [-0.25, -0.2) is 0 Å². The van der Waals surface area contributed by atoms with Gasteiger partial charge in [0.15, 0.2) is 0 Å². The fourth-order valence-electron chi connectivity index (χ4n) is 1.56. The van der Waals surface area contributed by atoms with Crippen molar-refractivity contribution in [1.82, 2.24) is 4.98 Å². The molecule has 3 nitrogen and oxygen atoms in total. The van der Waals surface area contributed by atoms with Crippen molar-refractivity contribution in [3.63, 3.8) is 0 Å². The van der Waals surface area contributed by atoms with Gasteiger partial charge in [0.2, 0.25) is 0 Å². The van der Waals surface area contributed by atoms with E-state index in [9.17, 15) is 0 Å². The molecule has 0 aliphatic carbocycles. The Bertz CT molecular complexity index is 538. The van der Waals surface area contributed by atoms with E-state index < -0.39 is 0 Å². The molecule has 4 heteroatoms. The van der Waals surface area contributed by atoms with Crippen molar-refractivity contribution in [3.8, 4) is 0 Å². The van der Waals surface area contributed by atoms with E-state index in [-0.39, 0.29) is 0 Å². The Labute approximate surface area is 106 Å². The third-order valence-electron chi connectivity index (χ3n) is 2.38. The molecule has 2 rings (SSSR count). The van der Waals surface area contributed by atoms with Crippen LogP contribution >= 0.6 is 12.2 Å². The van der Waals surface area contributed by atoms with E-state index in [1.54, 1.807) is 12.4 Å². The van der Waals surface area contributed by atoms with Crippen molar-refractivity contribution in [1.29, 1.82) is 0 Å². The van der Waals surface area contributed by atoms with E-state index >= 15 is 0 Å². The van der Waals surface area contributed by atoms with Crippen molar-refractivity contribution in [2.45, 2.75) is 6.92 Å². The summed E-state index contributed by atoms with van der Waals surface area (Å²) in [5, 5.41) is 3.25. The lowest BCUT2D eigenvalue weighted by Crippen LogP contribution is -2.12. The Hall–Kier alpha value is -1.94. The van der Waals surface area contributed by atoms with Crippen molar-refractivity contribution in [2.75, 3.05) is 5.32 Å². The van der Waals surface area contributed by atoms with Gasteiger partial charge in [0.25, 0.3) is 0 Å². The van der Waals surface area contributed by atoms with E-state index in [1.165, 1.54) is 0 Å². The summed E-state index contributed by atoms with van der Waals surface area (Å²) < 4.78 is 0. The Balaban J connectivity index is 2.36. The Morgan fingerprint density at radius 1 is 1.35 bits per heavy atom. The van der Waals surface area contributed by atoms with Crippen molar-refractivity contribution in [3.05, 3.63) is 53.9 Å². The summed E-state index contributed by atoms with van der Waals surface area (Å²) >= 11 is 5.05. The van der Waals surface area contributed by atoms with Crippen LogP contribution in [0.1, 0.15) is 11.1 Å². The number of anilines is 2. The Morgan fingerprint density at radius 3 is 2.82 bits per heavy atom. The monoisotopic (exact) mass is 243 g/mol. The molecule has 0 atom stereocenters. The van der Waals surface area contributed by atoms with E-state index in [0.717, 1.165) is 22.5 Å². The summed E-state index contributed by atoms with van der Waals surface area (Å²) in [6, 6.07) is 9.77. The van der Waals surface area contributed by atoms with Crippen LogP contribution in [-0.4, -0.2) is 9.97 Å². The molecule has 0 radical (unpaired) electrons. The summed E-state index contributed by atoms with van der Waals surface area (Å²) in [4.78, 5) is 4.44. The third kappa shape index (κ3) is 2.79. The number of aromatic nitrogens is 1. The highest BCUT2D eigenvalue weighted by Crippen LogP contribution is 2.21. The molecule has 0 aliphatic heterocycles. The lowest BCUT2D eigenvalue weighted by molar-refractivity contribution is 1.32. The largest absolute Gasteiger partial charge is 0.389 e. The number of pyridine rings is 1. The molecule has 0 bridgehead atoms. The number of nitrogens with one attached hydrogen (secondary N) is 1. The van der Waals surface area contributed by atoms with Gasteiger partial charge in [0, 0.05) is 17.4 Å². The zero-order valence-electron chi connectivity index (χ0n) is 9.47. The number of hydrogen-bond acceptors (Lipinski definition) is 3. The van der Waals surface area contributed by atoms with Crippen LogP contribution in [0.15, 0.2) is 42.7 Å². The number of hydrogen-bond donors (Lipinski definition) is 2. The first kappa shape index (κ1) is 11.5. The van der Waals surface area contributed by atoms with Gasteiger partial charge in [-0.3, -0.25) is 4.98 Å². The molecular formula is C13H13N3S. The number of benzene rings is 1. The maximum Gasteiger partial charge on any atom is 0.106 e. The molecule has 0 aliphatic rings. The number of rotatable bonds is 3. The molecule has 0 fully saturated rings. The minimum Gasteiger partial charge on any atom is -0.389 e. The average Bonchev–Trinajstić information content (AvgIpc) is 2.32. The van der Waals surface area contributed by atoms with Crippen LogP contribution in [0.2, 0.25) is 0 Å². The average molecular weight is 243 g/mol. The molecule has 86 valence electrons. The van der Waals surface area contributed by atoms with Crippen LogP contribution < -0.4 is 11.1 Å². The predicted molar refractivity (Wildman–Crippen MR) is 74.6 cm³/mol. The van der Waals surface area contributed by atoms with E-state index in [4.69, 9.17) is 18.0 Å². The number of nitrogens with zero attached hydrogens (tertiary/aromatic N) is 1. The van der Waals surface area contributed by atoms with Gasteiger partial charge >= 0.3 is 0 Å². The number of thiocarbonyl (C=S) groups is 1.